The van der Waals surface area contributed by atoms with Crippen molar-refractivity contribution in [3.63, 3.8) is 0 Å². The van der Waals surface area contributed by atoms with E-state index < -0.39 is 18.0 Å². The first-order valence-electron chi connectivity index (χ1n) is 8.85. The van der Waals surface area contributed by atoms with Gasteiger partial charge in [-0.05, 0) is 42.5 Å². The molecule has 1 atom stereocenters. The molecule has 0 aliphatic carbocycles. The highest BCUT2D eigenvalue weighted by atomic mass is 32.1. The Morgan fingerprint density at radius 3 is 2.71 bits per heavy atom. The summed E-state index contributed by atoms with van der Waals surface area (Å²) in [7, 11) is 0. The summed E-state index contributed by atoms with van der Waals surface area (Å²) in [6.07, 6.45) is 0.459. The van der Waals surface area contributed by atoms with Crippen molar-refractivity contribution in [2.75, 3.05) is 16.8 Å². The second kappa shape index (κ2) is 8.67. The Kier molecular flexibility index (Phi) is 6.06. The minimum absolute atomic E-state index is 0.0221. The fraction of sp³-hybridized carbons (Fsp3) is 0.300. The van der Waals surface area contributed by atoms with Crippen LogP contribution in [-0.4, -0.2) is 30.4 Å². The van der Waals surface area contributed by atoms with Crippen molar-refractivity contribution in [1.82, 2.24) is 0 Å². The summed E-state index contributed by atoms with van der Waals surface area (Å²) in [5, 5.41) is 13.7. The zero-order chi connectivity index (χ0) is 20.1. The highest BCUT2D eigenvalue weighted by molar-refractivity contribution is 7.14. The van der Waals surface area contributed by atoms with Crippen molar-refractivity contribution in [3.8, 4) is 6.07 Å². The van der Waals surface area contributed by atoms with Gasteiger partial charge in [-0.1, -0.05) is 12.1 Å². The van der Waals surface area contributed by atoms with Crippen molar-refractivity contribution < 1.29 is 19.1 Å². The Bertz CT molecular complexity index is 930. The van der Waals surface area contributed by atoms with Crippen LogP contribution in [0.4, 0.5) is 10.7 Å². The number of nitrogens with zero attached hydrogens (tertiary/aromatic N) is 2. The molecule has 144 valence electrons. The van der Waals surface area contributed by atoms with E-state index in [1.54, 1.807) is 28.5 Å². The number of esters is 1. The number of carbonyl (C=O) groups excluding carboxylic acids is 3. The van der Waals surface area contributed by atoms with Crippen LogP contribution in [0.15, 0.2) is 35.7 Å². The molecular formula is C20H19N3O4S. The highest BCUT2D eigenvalue weighted by Gasteiger charge is 2.22. The Hall–Kier alpha value is -3.18. The van der Waals surface area contributed by atoms with E-state index in [9.17, 15) is 14.4 Å². The fourth-order valence-corrected chi connectivity index (χ4v) is 3.62. The molecule has 2 aromatic rings. The van der Waals surface area contributed by atoms with Gasteiger partial charge in [-0.15, -0.1) is 11.3 Å². The molecular weight excluding hydrogens is 378 g/mol. The molecule has 1 aliphatic rings. The van der Waals surface area contributed by atoms with Crippen LogP contribution >= 0.6 is 11.3 Å². The molecule has 1 unspecified atom stereocenters. The summed E-state index contributed by atoms with van der Waals surface area (Å²) in [4.78, 5) is 37.8. The number of benzene rings is 1. The van der Waals surface area contributed by atoms with Crippen molar-refractivity contribution in [2.45, 2.75) is 32.3 Å². The SMILES string of the molecule is CC(OC(=O)Cc1ccc(N2CCCC2=O)cc1)C(=O)Nc1sccc1C#N. The van der Waals surface area contributed by atoms with Gasteiger partial charge in [0.15, 0.2) is 6.10 Å². The van der Waals surface area contributed by atoms with E-state index in [0.29, 0.717) is 23.5 Å². The van der Waals surface area contributed by atoms with Crippen LogP contribution in [0.25, 0.3) is 0 Å². The van der Waals surface area contributed by atoms with Gasteiger partial charge in [0.25, 0.3) is 5.91 Å². The van der Waals surface area contributed by atoms with E-state index in [-0.39, 0.29) is 12.3 Å². The zero-order valence-electron chi connectivity index (χ0n) is 15.3. The average molecular weight is 397 g/mol. The standard InChI is InChI=1S/C20H19N3O4S/c1-13(19(26)22-20-15(12-21)8-10-28-20)27-18(25)11-14-4-6-16(7-5-14)23-9-2-3-17(23)24/h4-8,10,13H,2-3,9,11H2,1H3,(H,22,26). The van der Waals surface area contributed by atoms with Crippen LogP contribution in [0.2, 0.25) is 0 Å². The third-order valence-electron chi connectivity index (χ3n) is 4.37. The second-order valence-electron chi connectivity index (χ2n) is 6.39. The van der Waals surface area contributed by atoms with Crippen LogP contribution in [0.1, 0.15) is 30.9 Å². The molecule has 2 amide bonds. The van der Waals surface area contributed by atoms with Gasteiger partial charge < -0.3 is 15.0 Å². The van der Waals surface area contributed by atoms with E-state index in [1.807, 2.05) is 18.2 Å². The molecule has 0 saturated carbocycles. The lowest BCUT2D eigenvalue weighted by molar-refractivity contribution is -0.152. The van der Waals surface area contributed by atoms with Gasteiger partial charge in [0, 0.05) is 18.7 Å². The molecule has 1 saturated heterocycles. The maximum absolute atomic E-state index is 12.2. The van der Waals surface area contributed by atoms with Gasteiger partial charge in [-0.3, -0.25) is 14.4 Å². The molecule has 3 rings (SSSR count). The number of anilines is 2. The first-order chi connectivity index (χ1) is 13.5. The summed E-state index contributed by atoms with van der Waals surface area (Å²) in [6, 6.07) is 10.8. The summed E-state index contributed by atoms with van der Waals surface area (Å²) in [6.45, 7) is 2.19. The number of thiophene rings is 1. The molecule has 8 heteroatoms. The van der Waals surface area contributed by atoms with E-state index in [4.69, 9.17) is 10.00 Å². The van der Waals surface area contributed by atoms with Crippen LogP contribution in [0.3, 0.4) is 0 Å². The molecule has 1 N–H and O–H groups in total. The minimum atomic E-state index is -0.984. The number of carbonyl (C=O) groups is 3. The maximum Gasteiger partial charge on any atom is 0.311 e. The predicted molar refractivity (Wildman–Crippen MR) is 105 cm³/mol. The third-order valence-corrected chi connectivity index (χ3v) is 5.20. The molecule has 2 heterocycles. The Morgan fingerprint density at radius 1 is 1.32 bits per heavy atom. The first kappa shape index (κ1) is 19.6. The monoisotopic (exact) mass is 397 g/mol. The molecule has 1 fully saturated rings. The lowest BCUT2D eigenvalue weighted by Crippen LogP contribution is -2.30. The number of nitriles is 1. The summed E-state index contributed by atoms with van der Waals surface area (Å²) in [5.41, 5.74) is 1.92. The number of hydrogen-bond donors (Lipinski definition) is 1. The molecule has 7 nitrogen and oxygen atoms in total. The number of ether oxygens (including phenoxy) is 1. The van der Waals surface area contributed by atoms with Gasteiger partial charge in [0.1, 0.15) is 11.1 Å². The molecule has 1 aromatic carbocycles. The first-order valence-corrected chi connectivity index (χ1v) is 9.73. The minimum Gasteiger partial charge on any atom is -0.452 e. The van der Waals surface area contributed by atoms with Crippen LogP contribution < -0.4 is 10.2 Å². The normalized spacial score (nSPS) is 14.4. The van der Waals surface area contributed by atoms with Gasteiger partial charge in [-0.25, -0.2) is 0 Å². The van der Waals surface area contributed by atoms with E-state index in [0.717, 1.165) is 17.7 Å². The van der Waals surface area contributed by atoms with Gasteiger partial charge in [0.05, 0.1) is 12.0 Å². The molecule has 28 heavy (non-hydrogen) atoms. The Balaban J connectivity index is 1.52. The highest BCUT2D eigenvalue weighted by Crippen LogP contribution is 2.23. The van der Waals surface area contributed by atoms with E-state index in [2.05, 4.69) is 5.32 Å². The third kappa shape index (κ3) is 4.56. The van der Waals surface area contributed by atoms with Gasteiger partial charge in [0.2, 0.25) is 5.91 Å². The van der Waals surface area contributed by atoms with Crippen molar-refractivity contribution in [2.24, 2.45) is 0 Å². The van der Waals surface area contributed by atoms with Crippen molar-refractivity contribution in [1.29, 1.82) is 5.26 Å². The van der Waals surface area contributed by atoms with Gasteiger partial charge >= 0.3 is 5.97 Å². The number of rotatable bonds is 6. The summed E-state index contributed by atoms with van der Waals surface area (Å²) >= 11 is 1.23. The van der Waals surface area contributed by atoms with Crippen LogP contribution in [-0.2, 0) is 25.5 Å². The average Bonchev–Trinajstić information content (AvgIpc) is 3.30. The van der Waals surface area contributed by atoms with Crippen molar-refractivity contribution >= 4 is 39.8 Å². The lowest BCUT2D eigenvalue weighted by Gasteiger charge is -2.16. The quantitative estimate of drug-likeness (QED) is 0.756. The molecule has 1 aliphatic heterocycles. The van der Waals surface area contributed by atoms with E-state index >= 15 is 0 Å². The number of hydrogen-bond acceptors (Lipinski definition) is 6. The molecule has 0 radical (unpaired) electrons. The summed E-state index contributed by atoms with van der Waals surface area (Å²) < 4.78 is 5.19. The summed E-state index contributed by atoms with van der Waals surface area (Å²) in [5.74, 6) is -0.910. The second-order valence-corrected chi connectivity index (χ2v) is 7.30. The number of nitrogens with one attached hydrogen (secondary N) is 1. The fourth-order valence-electron chi connectivity index (χ4n) is 2.88. The largest absolute Gasteiger partial charge is 0.452 e. The topological polar surface area (TPSA) is 99.5 Å². The van der Waals surface area contributed by atoms with Crippen LogP contribution in [0.5, 0.6) is 0 Å². The smallest absolute Gasteiger partial charge is 0.311 e. The zero-order valence-corrected chi connectivity index (χ0v) is 16.1. The Labute approximate surface area is 166 Å². The maximum atomic E-state index is 12.2. The lowest BCUT2D eigenvalue weighted by atomic mass is 10.1. The molecule has 0 spiro atoms. The molecule has 1 aromatic heterocycles. The van der Waals surface area contributed by atoms with Crippen LogP contribution in [0, 0.1) is 11.3 Å². The van der Waals surface area contributed by atoms with E-state index in [1.165, 1.54) is 18.3 Å². The Morgan fingerprint density at radius 2 is 2.07 bits per heavy atom. The number of amides is 2. The predicted octanol–water partition coefficient (Wildman–Crippen LogP) is 2.86. The molecule has 0 bridgehead atoms. The van der Waals surface area contributed by atoms with Crippen molar-refractivity contribution in [3.05, 3.63) is 46.8 Å². The van der Waals surface area contributed by atoms with Gasteiger partial charge in [-0.2, -0.15) is 5.26 Å².